The summed E-state index contributed by atoms with van der Waals surface area (Å²) in [5.74, 6) is 4.47. The lowest BCUT2D eigenvalue weighted by Crippen LogP contribution is -2.31. The van der Waals surface area contributed by atoms with E-state index in [2.05, 4.69) is 12.7 Å². The summed E-state index contributed by atoms with van der Waals surface area (Å²) in [5.41, 5.74) is 0. The third kappa shape index (κ3) is 5.65. The summed E-state index contributed by atoms with van der Waals surface area (Å²) in [6.45, 7) is 4.03. The van der Waals surface area contributed by atoms with Gasteiger partial charge in [0.05, 0.1) is 12.7 Å². The molecule has 0 atom stereocenters. The Hall–Kier alpha value is -0.700. The lowest BCUT2D eigenvalue weighted by Gasteiger charge is -2.41. The Labute approximate surface area is 158 Å². The van der Waals surface area contributed by atoms with Gasteiger partial charge in [0.15, 0.2) is 0 Å². The Bertz CT molecular complexity index is 447. The van der Waals surface area contributed by atoms with Gasteiger partial charge in [0.1, 0.15) is 0 Å². The van der Waals surface area contributed by atoms with Gasteiger partial charge in [0.25, 0.3) is 6.08 Å². The van der Waals surface area contributed by atoms with Gasteiger partial charge in [-0.3, -0.25) is 0 Å². The summed E-state index contributed by atoms with van der Waals surface area (Å²) in [5, 5.41) is 0. The van der Waals surface area contributed by atoms with E-state index in [-0.39, 0.29) is 12.7 Å². The lowest BCUT2D eigenvalue weighted by atomic mass is 9.65. The zero-order valence-electron chi connectivity index (χ0n) is 16.2. The van der Waals surface area contributed by atoms with Crippen molar-refractivity contribution in [3.8, 4) is 0 Å². The number of hydrogen-bond donors (Lipinski definition) is 0. The van der Waals surface area contributed by atoms with Crippen molar-refractivity contribution in [1.82, 2.24) is 0 Å². The first-order valence-corrected chi connectivity index (χ1v) is 10.9. The second-order valence-corrected chi connectivity index (χ2v) is 8.95. The van der Waals surface area contributed by atoms with Crippen molar-refractivity contribution in [3.05, 3.63) is 24.8 Å². The van der Waals surface area contributed by atoms with Gasteiger partial charge in [0.2, 0.25) is 0 Å². The van der Waals surface area contributed by atoms with E-state index < -0.39 is 6.08 Å². The van der Waals surface area contributed by atoms with E-state index in [4.69, 9.17) is 4.74 Å². The Morgan fingerprint density at radius 1 is 0.731 bits per heavy atom. The molecule has 0 N–H and O–H groups in total. The highest BCUT2D eigenvalue weighted by Gasteiger charge is 2.34. The van der Waals surface area contributed by atoms with Crippen LogP contribution >= 0.6 is 0 Å². The van der Waals surface area contributed by atoms with Gasteiger partial charge >= 0.3 is 0 Å². The van der Waals surface area contributed by atoms with E-state index in [0.29, 0.717) is 0 Å². The molecule has 0 unspecified atom stereocenters. The quantitative estimate of drug-likeness (QED) is 0.454. The molecule has 3 fully saturated rings. The fourth-order valence-corrected chi connectivity index (χ4v) is 5.91. The van der Waals surface area contributed by atoms with Crippen molar-refractivity contribution in [2.75, 3.05) is 6.61 Å². The van der Waals surface area contributed by atoms with Crippen molar-refractivity contribution in [2.24, 2.45) is 29.6 Å². The monoisotopic (exact) mass is 366 g/mol. The Morgan fingerprint density at radius 3 is 1.58 bits per heavy atom. The Morgan fingerprint density at radius 2 is 1.15 bits per heavy atom. The van der Waals surface area contributed by atoms with E-state index in [1.165, 1.54) is 64.2 Å². The van der Waals surface area contributed by atoms with Crippen LogP contribution in [0.1, 0.15) is 77.0 Å². The molecule has 0 aromatic rings. The molecule has 148 valence electrons. The van der Waals surface area contributed by atoms with Crippen molar-refractivity contribution in [2.45, 2.75) is 83.2 Å². The molecular formula is C23H36F2O. The largest absolute Gasteiger partial charge is 0.374 e. The second-order valence-electron chi connectivity index (χ2n) is 8.95. The maximum absolute atomic E-state index is 12.1. The summed E-state index contributed by atoms with van der Waals surface area (Å²) in [7, 11) is 0. The third-order valence-corrected chi connectivity index (χ3v) is 7.59. The molecule has 3 saturated carbocycles. The third-order valence-electron chi connectivity index (χ3n) is 7.59. The van der Waals surface area contributed by atoms with Crippen LogP contribution in [-0.2, 0) is 4.74 Å². The topological polar surface area (TPSA) is 9.23 Å². The predicted molar refractivity (Wildman–Crippen MR) is 103 cm³/mol. The van der Waals surface area contributed by atoms with Gasteiger partial charge in [-0.2, -0.15) is 8.78 Å². The lowest BCUT2D eigenvalue weighted by molar-refractivity contribution is 0.0180. The minimum Gasteiger partial charge on any atom is -0.374 e. The molecule has 0 aliphatic heterocycles. The summed E-state index contributed by atoms with van der Waals surface area (Å²) < 4.78 is 29.7. The minimum absolute atomic E-state index is 0.0663. The zero-order valence-corrected chi connectivity index (χ0v) is 16.2. The number of rotatable bonds is 6. The molecule has 0 heterocycles. The SMILES string of the molecule is C=CC1CCC(C2CCC(C3CCC(OCC=C(F)F)CC3)CC2)CC1. The average Bonchev–Trinajstić information content (AvgIpc) is 2.68. The van der Waals surface area contributed by atoms with E-state index in [1.807, 2.05) is 0 Å². The second kappa shape index (κ2) is 10.0. The Kier molecular flexibility index (Phi) is 7.72. The Balaban J connectivity index is 1.34. The summed E-state index contributed by atoms with van der Waals surface area (Å²) in [6, 6.07) is 0. The smallest absolute Gasteiger partial charge is 0.268 e. The van der Waals surface area contributed by atoms with Crippen LogP contribution in [0, 0.1) is 29.6 Å². The van der Waals surface area contributed by atoms with Crippen molar-refractivity contribution in [3.63, 3.8) is 0 Å². The standard InChI is InChI=1S/C23H36F2O/c1-2-17-3-5-18(6-4-17)19-7-9-20(10-8-19)21-11-13-22(14-12-21)26-16-15-23(24)25/h2,15,17-22H,1,3-14,16H2. The molecule has 0 bridgehead atoms. The summed E-state index contributed by atoms with van der Waals surface area (Å²) in [6.07, 6.45) is 17.4. The molecule has 3 heteroatoms. The maximum atomic E-state index is 12.1. The first-order chi connectivity index (χ1) is 12.7. The highest BCUT2D eigenvalue weighted by Crippen LogP contribution is 2.45. The van der Waals surface area contributed by atoms with Crippen LogP contribution in [0.3, 0.4) is 0 Å². The minimum atomic E-state index is -1.63. The van der Waals surface area contributed by atoms with Crippen molar-refractivity contribution in [1.29, 1.82) is 0 Å². The highest BCUT2D eigenvalue weighted by molar-refractivity contribution is 4.89. The molecule has 26 heavy (non-hydrogen) atoms. The molecule has 0 amide bonds. The first kappa shape index (κ1) is 20.0. The van der Waals surface area contributed by atoms with Crippen LogP contribution < -0.4 is 0 Å². The van der Waals surface area contributed by atoms with E-state index in [0.717, 1.165) is 48.5 Å². The molecular weight excluding hydrogens is 330 g/mol. The molecule has 3 aliphatic rings. The van der Waals surface area contributed by atoms with Gasteiger partial charge < -0.3 is 4.74 Å². The fourth-order valence-electron chi connectivity index (χ4n) is 5.91. The van der Waals surface area contributed by atoms with Gasteiger partial charge in [-0.25, -0.2) is 0 Å². The molecule has 3 aliphatic carbocycles. The summed E-state index contributed by atoms with van der Waals surface area (Å²) >= 11 is 0. The van der Waals surface area contributed by atoms with Crippen molar-refractivity contribution < 1.29 is 13.5 Å². The fraction of sp³-hybridized carbons (Fsp3) is 0.826. The number of halogens is 2. The van der Waals surface area contributed by atoms with Crippen LogP contribution in [0.2, 0.25) is 0 Å². The van der Waals surface area contributed by atoms with E-state index in [9.17, 15) is 8.78 Å². The first-order valence-electron chi connectivity index (χ1n) is 10.9. The molecule has 0 aromatic heterocycles. The average molecular weight is 367 g/mol. The predicted octanol–water partition coefficient (Wildman–Crippen LogP) is 7.14. The molecule has 0 spiro atoms. The molecule has 0 saturated heterocycles. The highest BCUT2D eigenvalue weighted by atomic mass is 19.3. The van der Waals surface area contributed by atoms with Gasteiger partial charge in [-0.15, -0.1) is 6.58 Å². The van der Waals surface area contributed by atoms with Gasteiger partial charge in [-0.1, -0.05) is 6.08 Å². The normalized spacial score (nSPS) is 38.5. The number of ether oxygens (including phenoxy) is 1. The van der Waals surface area contributed by atoms with Crippen LogP contribution in [0.4, 0.5) is 8.78 Å². The molecule has 1 nitrogen and oxygen atoms in total. The van der Waals surface area contributed by atoms with Crippen LogP contribution in [0.25, 0.3) is 0 Å². The van der Waals surface area contributed by atoms with Crippen LogP contribution in [0.5, 0.6) is 0 Å². The van der Waals surface area contributed by atoms with Crippen LogP contribution in [0.15, 0.2) is 24.8 Å². The summed E-state index contributed by atoms with van der Waals surface area (Å²) in [4.78, 5) is 0. The molecule has 0 radical (unpaired) electrons. The zero-order chi connectivity index (χ0) is 18.4. The molecule has 3 rings (SSSR count). The van der Waals surface area contributed by atoms with Crippen molar-refractivity contribution >= 4 is 0 Å². The number of allylic oxidation sites excluding steroid dienone is 1. The van der Waals surface area contributed by atoms with E-state index >= 15 is 0 Å². The number of hydrogen-bond acceptors (Lipinski definition) is 1. The van der Waals surface area contributed by atoms with Gasteiger partial charge in [0, 0.05) is 6.08 Å². The van der Waals surface area contributed by atoms with Crippen LogP contribution in [-0.4, -0.2) is 12.7 Å². The maximum Gasteiger partial charge on any atom is 0.268 e. The van der Waals surface area contributed by atoms with E-state index in [1.54, 1.807) is 0 Å². The van der Waals surface area contributed by atoms with Gasteiger partial charge in [-0.05, 0) is 107 Å². The molecule has 0 aromatic carbocycles.